The van der Waals surface area contributed by atoms with E-state index >= 15 is 0 Å². The van der Waals surface area contributed by atoms with Gasteiger partial charge in [-0.25, -0.2) is 0 Å². The van der Waals surface area contributed by atoms with E-state index in [4.69, 9.17) is 4.74 Å². The van der Waals surface area contributed by atoms with Crippen molar-refractivity contribution in [2.24, 2.45) is 4.99 Å². The summed E-state index contributed by atoms with van der Waals surface area (Å²) in [5.41, 5.74) is 2.53. The van der Waals surface area contributed by atoms with E-state index in [9.17, 15) is 0 Å². The molecule has 0 heterocycles. The van der Waals surface area contributed by atoms with Crippen LogP contribution >= 0.6 is 0 Å². The predicted octanol–water partition coefficient (Wildman–Crippen LogP) is 2.42. The molecule has 1 aliphatic carbocycles. The molecule has 2 nitrogen and oxygen atoms in total. The fraction of sp³-hybridized carbons (Fsp3) is 0.353. The van der Waals surface area contributed by atoms with Crippen molar-refractivity contribution in [2.45, 2.75) is 26.2 Å². The van der Waals surface area contributed by atoms with E-state index in [1.807, 2.05) is 6.21 Å². The average molecular weight is 255 g/mol. The van der Waals surface area contributed by atoms with Gasteiger partial charge < -0.3 is 4.74 Å². The Kier molecular flexibility index (Phi) is 5.10. The average Bonchev–Trinajstić information content (AvgIpc) is 2.62. The van der Waals surface area contributed by atoms with Crippen molar-refractivity contribution in [1.82, 2.24) is 0 Å². The topological polar surface area (TPSA) is 21.6 Å². The fourth-order valence-electron chi connectivity index (χ4n) is 2.27. The molecule has 1 aliphatic rings. The van der Waals surface area contributed by atoms with Gasteiger partial charge in [0, 0.05) is 19.7 Å². The van der Waals surface area contributed by atoms with Gasteiger partial charge in [0.2, 0.25) is 0 Å². The molecule has 0 bridgehead atoms. The summed E-state index contributed by atoms with van der Waals surface area (Å²) >= 11 is 0. The van der Waals surface area contributed by atoms with E-state index in [2.05, 4.69) is 48.3 Å². The molecule has 0 fully saturated rings. The molecule has 0 unspecified atom stereocenters. The summed E-state index contributed by atoms with van der Waals surface area (Å²) in [7, 11) is 1.71. The highest BCUT2D eigenvalue weighted by atomic mass is 16.5. The molecule has 0 spiro atoms. The Morgan fingerprint density at radius 1 is 1.32 bits per heavy atom. The lowest BCUT2D eigenvalue weighted by atomic mass is 10.1. The highest BCUT2D eigenvalue weighted by Gasteiger charge is 2.01. The minimum Gasteiger partial charge on any atom is -0.384 e. The van der Waals surface area contributed by atoms with Crippen molar-refractivity contribution in [1.29, 1.82) is 0 Å². The maximum atomic E-state index is 5.02. The number of hydrogen-bond acceptors (Lipinski definition) is 2. The Labute approximate surface area is 114 Å². The fourth-order valence-corrected chi connectivity index (χ4v) is 2.27. The standard InChI is InChI=1S/C17H21NO/c1-3-14-9-10-16(18-11-6-12-19-2)13-15-7-4-5-8-17(14)15/h4-5,7-8,10-11,13H,3,6,9,12H2,1-2H3. The number of methoxy groups -OCH3 is 1. The number of benzene rings is 1. The van der Waals surface area contributed by atoms with Gasteiger partial charge in [-0.3, -0.25) is 4.99 Å². The van der Waals surface area contributed by atoms with Crippen molar-refractivity contribution in [3.63, 3.8) is 0 Å². The van der Waals surface area contributed by atoms with Crippen LogP contribution in [-0.4, -0.2) is 19.9 Å². The number of allylic oxidation sites excluding steroid dienone is 2. The van der Waals surface area contributed by atoms with Crippen molar-refractivity contribution in [3.8, 4) is 0 Å². The predicted molar refractivity (Wildman–Crippen MR) is 81.5 cm³/mol. The zero-order valence-corrected chi connectivity index (χ0v) is 11.7. The van der Waals surface area contributed by atoms with Gasteiger partial charge in [0.15, 0.2) is 0 Å². The first-order valence-electron chi connectivity index (χ1n) is 6.85. The van der Waals surface area contributed by atoms with Crippen LogP contribution in [0, 0.1) is 0 Å². The first-order chi connectivity index (χ1) is 9.35. The van der Waals surface area contributed by atoms with Crippen LogP contribution in [0.1, 0.15) is 26.2 Å². The number of hydrogen-bond donors (Lipinski definition) is 0. The summed E-state index contributed by atoms with van der Waals surface area (Å²) in [5, 5.41) is 2.63. The van der Waals surface area contributed by atoms with Gasteiger partial charge in [-0.05, 0) is 29.4 Å². The molecule has 1 aromatic rings. The van der Waals surface area contributed by atoms with E-state index in [0.29, 0.717) is 0 Å². The highest BCUT2D eigenvalue weighted by Crippen LogP contribution is 2.12. The second kappa shape index (κ2) is 7.05. The molecule has 0 aromatic heterocycles. The molecule has 100 valence electrons. The third kappa shape index (κ3) is 3.65. The van der Waals surface area contributed by atoms with Gasteiger partial charge in [0.05, 0.1) is 12.3 Å². The number of rotatable bonds is 5. The Morgan fingerprint density at radius 2 is 2.16 bits per heavy atom. The zero-order valence-electron chi connectivity index (χ0n) is 11.7. The normalized spacial score (nSPS) is 14.8. The van der Waals surface area contributed by atoms with Gasteiger partial charge in [0.25, 0.3) is 0 Å². The van der Waals surface area contributed by atoms with Gasteiger partial charge in [-0.2, -0.15) is 0 Å². The van der Waals surface area contributed by atoms with Gasteiger partial charge in [-0.15, -0.1) is 0 Å². The summed E-state index contributed by atoms with van der Waals surface area (Å²) in [4.78, 5) is 4.54. The monoisotopic (exact) mass is 255 g/mol. The van der Waals surface area contributed by atoms with Crippen molar-refractivity contribution in [2.75, 3.05) is 13.7 Å². The molecule has 0 radical (unpaired) electrons. The van der Waals surface area contributed by atoms with Gasteiger partial charge in [0.1, 0.15) is 0 Å². The lowest BCUT2D eigenvalue weighted by molar-refractivity contribution is 0.208. The molecule has 0 N–H and O–H groups in total. The second-order valence-electron chi connectivity index (χ2n) is 4.61. The molecule has 0 saturated carbocycles. The van der Waals surface area contributed by atoms with E-state index in [0.717, 1.165) is 31.6 Å². The quantitative estimate of drug-likeness (QED) is 0.585. The van der Waals surface area contributed by atoms with Gasteiger partial charge in [-0.1, -0.05) is 42.8 Å². The third-order valence-corrected chi connectivity index (χ3v) is 3.32. The molecule has 0 aliphatic heterocycles. The summed E-state index contributed by atoms with van der Waals surface area (Å²) in [6, 6.07) is 8.56. The first kappa shape index (κ1) is 13.8. The molecule has 0 atom stereocenters. The van der Waals surface area contributed by atoms with Crippen LogP contribution in [0.25, 0.3) is 11.6 Å². The lowest BCUT2D eigenvalue weighted by Gasteiger charge is -1.99. The van der Waals surface area contributed by atoms with E-state index < -0.39 is 0 Å². The molecule has 0 amide bonds. The summed E-state index contributed by atoms with van der Waals surface area (Å²) in [5.74, 6) is 0. The number of aliphatic imine (C=N–C) groups is 1. The summed E-state index contributed by atoms with van der Waals surface area (Å²) in [6.45, 7) is 2.94. The Bertz CT molecular complexity index is 596. The summed E-state index contributed by atoms with van der Waals surface area (Å²) < 4.78 is 5.02. The number of nitrogens with zero attached hydrogens (tertiary/aromatic N) is 1. The number of fused-ring (bicyclic) bond motifs is 1. The smallest absolute Gasteiger partial charge is 0.0595 e. The Hall–Kier alpha value is -1.67. The van der Waals surface area contributed by atoms with Gasteiger partial charge >= 0.3 is 0 Å². The van der Waals surface area contributed by atoms with Crippen LogP contribution in [0.4, 0.5) is 0 Å². The van der Waals surface area contributed by atoms with E-state index in [1.165, 1.54) is 16.0 Å². The van der Waals surface area contributed by atoms with Crippen LogP contribution in [0.3, 0.4) is 0 Å². The molecule has 0 saturated heterocycles. The third-order valence-electron chi connectivity index (χ3n) is 3.32. The van der Waals surface area contributed by atoms with Crippen LogP contribution < -0.4 is 10.4 Å². The zero-order chi connectivity index (χ0) is 13.5. The Morgan fingerprint density at radius 3 is 2.95 bits per heavy atom. The van der Waals surface area contributed by atoms with E-state index in [1.54, 1.807) is 7.11 Å². The molecular formula is C17H21NO. The Balaban J connectivity index is 2.31. The van der Waals surface area contributed by atoms with E-state index in [-0.39, 0.29) is 0 Å². The maximum Gasteiger partial charge on any atom is 0.0595 e. The SMILES string of the molecule is CCC1=c2ccccc2=CC(N=CCCOC)=CC1. The van der Waals surface area contributed by atoms with Crippen molar-refractivity contribution in [3.05, 3.63) is 46.5 Å². The van der Waals surface area contributed by atoms with Crippen LogP contribution in [0.15, 0.2) is 41.0 Å². The minimum absolute atomic E-state index is 0.722. The molecule has 1 aromatic carbocycles. The van der Waals surface area contributed by atoms with Crippen LogP contribution in [0.2, 0.25) is 0 Å². The number of ether oxygens (including phenoxy) is 1. The van der Waals surface area contributed by atoms with Crippen molar-refractivity contribution >= 4 is 17.9 Å². The molecular weight excluding hydrogens is 234 g/mol. The van der Waals surface area contributed by atoms with Crippen molar-refractivity contribution < 1.29 is 4.74 Å². The lowest BCUT2D eigenvalue weighted by Crippen LogP contribution is -2.25. The summed E-state index contributed by atoms with van der Waals surface area (Å²) in [6.07, 6.45) is 9.24. The minimum atomic E-state index is 0.722. The maximum absolute atomic E-state index is 5.02. The highest BCUT2D eigenvalue weighted by molar-refractivity contribution is 5.64. The largest absolute Gasteiger partial charge is 0.384 e. The van der Waals surface area contributed by atoms with Crippen LogP contribution in [-0.2, 0) is 4.74 Å². The molecule has 19 heavy (non-hydrogen) atoms. The molecule has 2 heteroatoms. The first-order valence-corrected chi connectivity index (χ1v) is 6.85. The van der Waals surface area contributed by atoms with Crippen LogP contribution in [0.5, 0.6) is 0 Å². The molecule has 2 rings (SSSR count). The second-order valence-corrected chi connectivity index (χ2v) is 4.61.